The van der Waals surface area contributed by atoms with Gasteiger partial charge in [-0.15, -0.1) is 0 Å². The quantitative estimate of drug-likeness (QED) is 0.699. The summed E-state index contributed by atoms with van der Waals surface area (Å²) in [5.74, 6) is 1.27. The predicted molar refractivity (Wildman–Crippen MR) is 96.3 cm³/mol. The molecule has 0 aliphatic heterocycles. The van der Waals surface area contributed by atoms with Crippen LogP contribution >= 0.6 is 0 Å². The fraction of sp³-hybridized carbons (Fsp3) is 0.682. The Morgan fingerprint density at radius 2 is 1.67 bits per heavy atom. The summed E-state index contributed by atoms with van der Waals surface area (Å²) in [5.41, 5.74) is 2.77. The summed E-state index contributed by atoms with van der Waals surface area (Å²) in [5, 5.41) is 9.98. The number of hydrogen-bond acceptors (Lipinski definition) is 2. The molecule has 1 N–H and O–H groups in total. The van der Waals surface area contributed by atoms with Crippen LogP contribution in [0.25, 0.3) is 0 Å². The third-order valence-corrected chi connectivity index (χ3v) is 9.12. The molecule has 1 unspecified atom stereocenters. The monoisotopic (exact) mass is 326 g/mol. The van der Waals surface area contributed by atoms with Crippen LogP contribution in [-0.2, 0) is 10.2 Å². The smallest absolute Gasteiger partial charge is 0.139 e. The standard InChI is InChI=1S/C22H30O2/c1-14-13-22(5)19(2,17-7-6-15(23)12-16(14)17)10-11-20(3)18(24)8-9-21(20,22)4/h6-7,12,14,23H,8-11,13H2,1-5H3/t14?,19-,20-,21-,22-/m1/s1. The maximum Gasteiger partial charge on any atom is 0.139 e. The van der Waals surface area contributed by atoms with Gasteiger partial charge in [0, 0.05) is 11.8 Å². The van der Waals surface area contributed by atoms with Crippen LogP contribution in [0.3, 0.4) is 0 Å². The average Bonchev–Trinajstić information content (AvgIpc) is 2.77. The number of benzene rings is 1. The molecule has 0 amide bonds. The lowest BCUT2D eigenvalue weighted by atomic mass is 9.36. The van der Waals surface area contributed by atoms with Crippen molar-refractivity contribution in [3.63, 3.8) is 0 Å². The molecule has 0 radical (unpaired) electrons. The SMILES string of the molecule is CC1C[C@@]2(C)[C@]3(C)CCC(=O)[C@@]3(C)CC[C@]2(C)c2ccc(O)cc21. The zero-order chi connectivity index (χ0) is 17.5. The lowest BCUT2D eigenvalue weighted by Crippen LogP contribution is -2.63. The number of fused-ring (bicyclic) bond motifs is 5. The molecular formula is C22H30O2. The van der Waals surface area contributed by atoms with Crippen molar-refractivity contribution in [2.75, 3.05) is 0 Å². The van der Waals surface area contributed by atoms with Gasteiger partial charge in [0.2, 0.25) is 0 Å². The van der Waals surface area contributed by atoms with Gasteiger partial charge in [-0.25, -0.2) is 0 Å². The fourth-order valence-corrected chi connectivity index (χ4v) is 6.97. The largest absolute Gasteiger partial charge is 0.508 e. The molecule has 4 rings (SSSR count). The number of carbonyl (C=O) groups excluding carboxylic acids is 1. The molecule has 0 heterocycles. The Balaban J connectivity index is 1.96. The second kappa shape index (κ2) is 4.45. The Morgan fingerprint density at radius 3 is 2.38 bits per heavy atom. The Kier molecular flexibility index (Phi) is 3.00. The zero-order valence-corrected chi connectivity index (χ0v) is 15.7. The average molecular weight is 326 g/mol. The van der Waals surface area contributed by atoms with E-state index in [0.717, 1.165) is 32.1 Å². The van der Waals surface area contributed by atoms with Gasteiger partial charge >= 0.3 is 0 Å². The highest BCUT2D eigenvalue weighted by Crippen LogP contribution is 2.75. The summed E-state index contributed by atoms with van der Waals surface area (Å²) in [6, 6.07) is 5.97. The lowest BCUT2D eigenvalue weighted by molar-refractivity contribution is -0.159. The first-order valence-corrected chi connectivity index (χ1v) is 9.46. The van der Waals surface area contributed by atoms with E-state index in [2.05, 4.69) is 40.7 Å². The van der Waals surface area contributed by atoms with Crippen LogP contribution in [0.5, 0.6) is 5.75 Å². The van der Waals surface area contributed by atoms with Gasteiger partial charge in [-0.05, 0) is 71.1 Å². The number of rotatable bonds is 0. The highest BCUT2D eigenvalue weighted by atomic mass is 16.3. The minimum absolute atomic E-state index is 0.0495. The molecule has 0 aromatic heterocycles. The molecule has 1 aromatic carbocycles. The minimum atomic E-state index is -0.171. The van der Waals surface area contributed by atoms with E-state index in [4.69, 9.17) is 0 Å². The number of hydrogen-bond donors (Lipinski definition) is 1. The van der Waals surface area contributed by atoms with Crippen LogP contribution in [0.4, 0.5) is 0 Å². The van der Waals surface area contributed by atoms with E-state index in [1.165, 1.54) is 11.1 Å². The first-order valence-electron chi connectivity index (χ1n) is 9.46. The maximum absolute atomic E-state index is 12.8. The second-order valence-corrected chi connectivity index (χ2v) is 9.63. The van der Waals surface area contributed by atoms with Crippen molar-refractivity contribution in [3.8, 4) is 5.75 Å². The zero-order valence-electron chi connectivity index (χ0n) is 15.7. The molecule has 3 aliphatic rings. The van der Waals surface area contributed by atoms with E-state index in [1.54, 1.807) is 0 Å². The number of carbonyl (C=O) groups is 1. The van der Waals surface area contributed by atoms with Gasteiger partial charge in [-0.2, -0.15) is 0 Å². The second-order valence-electron chi connectivity index (χ2n) is 9.63. The van der Waals surface area contributed by atoms with E-state index in [0.29, 0.717) is 17.5 Å². The number of Topliss-reactive ketones (excluding diaryl/α,β-unsaturated/α-hetero) is 1. The van der Waals surface area contributed by atoms with Crippen LogP contribution in [0.15, 0.2) is 18.2 Å². The van der Waals surface area contributed by atoms with Crippen LogP contribution in [0.2, 0.25) is 0 Å². The van der Waals surface area contributed by atoms with Gasteiger partial charge in [0.15, 0.2) is 0 Å². The maximum atomic E-state index is 12.8. The van der Waals surface area contributed by atoms with E-state index in [9.17, 15) is 9.90 Å². The third kappa shape index (κ3) is 1.52. The van der Waals surface area contributed by atoms with Crippen molar-refractivity contribution in [1.29, 1.82) is 0 Å². The molecule has 0 saturated heterocycles. The van der Waals surface area contributed by atoms with Gasteiger partial charge in [-0.1, -0.05) is 40.7 Å². The van der Waals surface area contributed by atoms with Crippen molar-refractivity contribution < 1.29 is 9.90 Å². The normalized spacial score (nSPS) is 47.0. The van der Waals surface area contributed by atoms with Crippen molar-refractivity contribution in [3.05, 3.63) is 29.3 Å². The number of aromatic hydroxyl groups is 1. The molecule has 2 fully saturated rings. The first-order chi connectivity index (χ1) is 11.1. The van der Waals surface area contributed by atoms with Crippen molar-refractivity contribution in [1.82, 2.24) is 0 Å². The topological polar surface area (TPSA) is 37.3 Å². The van der Waals surface area contributed by atoms with Gasteiger partial charge in [-0.3, -0.25) is 4.79 Å². The van der Waals surface area contributed by atoms with E-state index < -0.39 is 0 Å². The Labute approximate surface area is 145 Å². The van der Waals surface area contributed by atoms with E-state index in [1.807, 2.05) is 12.1 Å². The highest BCUT2D eigenvalue weighted by molar-refractivity contribution is 5.88. The summed E-state index contributed by atoms with van der Waals surface area (Å²) in [6.45, 7) is 11.8. The molecule has 2 saturated carbocycles. The van der Waals surface area contributed by atoms with Gasteiger partial charge in [0.25, 0.3) is 0 Å². The summed E-state index contributed by atoms with van der Waals surface area (Å²) >= 11 is 0. The number of phenols is 1. The van der Waals surface area contributed by atoms with Crippen molar-refractivity contribution >= 4 is 5.78 Å². The highest BCUT2D eigenvalue weighted by Gasteiger charge is 2.71. The molecule has 2 nitrogen and oxygen atoms in total. The van der Waals surface area contributed by atoms with Crippen LogP contribution < -0.4 is 0 Å². The molecule has 5 atom stereocenters. The van der Waals surface area contributed by atoms with E-state index >= 15 is 0 Å². The van der Waals surface area contributed by atoms with Crippen molar-refractivity contribution in [2.24, 2.45) is 16.2 Å². The summed E-state index contributed by atoms with van der Waals surface area (Å²) in [6.07, 6.45) is 4.91. The Hall–Kier alpha value is -1.31. The molecular weight excluding hydrogens is 296 g/mol. The van der Waals surface area contributed by atoms with E-state index in [-0.39, 0.29) is 21.7 Å². The van der Waals surface area contributed by atoms with Gasteiger partial charge in [0.05, 0.1) is 0 Å². The van der Waals surface area contributed by atoms with Crippen LogP contribution in [-0.4, -0.2) is 10.9 Å². The lowest BCUT2D eigenvalue weighted by Gasteiger charge is -2.67. The Morgan fingerprint density at radius 1 is 1.00 bits per heavy atom. The molecule has 130 valence electrons. The molecule has 0 bridgehead atoms. The summed E-state index contributed by atoms with van der Waals surface area (Å²) in [4.78, 5) is 12.8. The molecule has 0 spiro atoms. The molecule has 2 heteroatoms. The Bertz CT molecular complexity index is 737. The predicted octanol–water partition coefficient (Wildman–Crippen LogP) is 5.33. The minimum Gasteiger partial charge on any atom is -0.508 e. The third-order valence-electron chi connectivity index (χ3n) is 9.12. The van der Waals surface area contributed by atoms with Crippen LogP contribution in [0, 0.1) is 16.2 Å². The number of phenolic OH excluding ortho intramolecular Hbond substituents is 1. The first kappa shape index (κ1) is 16.2. The van der Waals surface area contributed by atoms with Gasteiger partial charge in [0.1, 0.15) is 11.5 Å². The van der Waals surface area contributed by atoms with Gasteiger partial charge < -0.3 is 5.11 Å². The number of ketones is 1. The fourth-order valence-electron chi connectivity index (χ4n) is 6.97. The van der Waals surface area contributed by atoms with Crippen molar-refractivity contribution in [2.45, 2.75) is 78.1 Å². The molecule has 1 aromatic rings. The summed E-state index contributed by atoms with van der Waals surface area (Å²) < 4.78 is 0. The molecule has 3 aliphatic carbocycles. The summed E-state index contributed by atoms with van der Waals surface area (Å²) in [7, 11) is 0. The van der Waals surface area contributed by atoms with Crippen LogP contribution in [0.1, 0.15) is 83.8 Å². The molecule has 24 heavy (non-hydrogen) atoms.